The molecular formula is C77H58N2O2. The normalized spacial score (nSPS) is 15.0. The van der Waals surface area contributed by atoms with Gasteiger partial charge in [0.1, 0.15) is 22.3 Å². The number of furan rings is 2. The molecule has 0 saturated heterocycles. The number of aryl methyl sites for hydroxylation is 2. The van der Waals surface area contributed by atoms with Gasteiger partial charge in [0.2, 0.25) is 0 Å². The van der Waals surface area contributed by atoms with Gasteiger partial charge in [0.15, 0.2) is 0 Å². The van der Waals surface area contributed by atoms with Crippen LogP contribution in [-0.2, 0) is 16.2 Å². The predicted molar refractivity (Wildman–Crippen MR) is 338 cm³/mol. The van der Waals surface area contributed by atoms with Gasteiger partial charge in [-0.1, -0.05) is 174 Å². The first kappa shape index (κ1) is 46.5. The fourth-order valence-electron chi connectivity index (χ4n) is 15.6. The summed E-state index contributed by atoms with van der Waals surface area (Å²) in [6.07, 6.45) is 0. The fraction of sp³-hybridized carbons (Fsp3) is 0.143. The maximum atomic E-state index is 7.14. The lowest BCUT2D eigenvalue weighted by atomic mass is 9.72. The first-order chi connectivity index (χ1) is 39.3. The Labute approximate surface area is 471 Å². The van der Waals surface area contributed by atoms with Crippen molar-refractivity contribution >= 4 is 82.7 Å². The van der Waals surface area contributed by atoms with Gasteiger partial charge in [-0.05, 0) is 165 Å². The van der Waals surface area contributed by atoms with Crippen LogP contribution < -0.4 is 4.90 Å². The minimum Gasteiger partial charge on any atom is -0.455 e. The molecule has 388 valence electrons. The van der Waals surface area contributed by atoms with E-state index >= 15 is 0 Å². The quantitative estimate of drug-likeness (QED) is 0.172. The van der Waals surface area contributed by atoms with E-state index in [0.29, 0.717) is 0 Å². The van der Waals surface area contributed by atoms with Crippen molar-refractivity contribution in [3.8, 4) is 50.2 Å². The van der Waals surface area contributed by atoms with Gasteiger partial charge >= 0.3 is 0 Å². The molecule has 0 spiro atoms. The Morgan fingerprint density at radius 1 is 0.358 bits per heavy atom. The van der Waals surface area contributed by atoms with Crippen LogP contribution in [0.3, 0.4) is 0 Å². The van der Waals surface area contributed by atoms with Crippen LogP contribution in [0.1, 0.15) is 86.1 Å². The summed E-state index contributed by atoms with van der Waals surface area (Å²) < 4.78 is 16.5. The van der Waals surface area contributed by atoms with Crippen molar-refractivity contribution in [1.29, 1.82) is 0 Å². The highest BCUT2D eigenvalue weighted by atomic mass is 16.3. The number of benzene rings is 11. The third-order valence-corrected chi connectivity index (χ3v) is 19.3. The maximum Gasteiger partial charge on any atom is 0.144 e. The van der Waals surface area contributed by atoms with Crippen molar-refractivity contribution in [3.05, 3.63) is 251 Å². The van der Waals surface area contributed by atoms with E-state index in [9.17, 15) is 0 Å². The number of aromatic nitrogens is 1. The Bertz CT molecular complexity index is 5110. The fourth-order valence-corrected chi connectivity index (χ4v) is 15.6. The zero-order valence-electron chi connectivity index (χ0n) is 46.8. The highest BCUT2D eigenvalue weighted by molar-refractivity contribution is 6.22. The van der Waals surface area contributed by atoms with Crippen LogP contribution in [0.4, 0.5) is 17.1 Å². The first-order valence-corrected chi connectivity index (χ1v) is 28.7. The van der Waals surface area contributed by atoms with E-state index in [4.69, 9.17) is 8.83 Å². The number of nitrogens with zero attached hydrogens (tertiary/aromatic N) is 2. The monoisotopic (exact) mass is 1040 g/mol. The average Bonchev–Trinajstić information content (AvgIpc) is 1.74. The van der Waals surface area contributed by atoms with Crippen LogP contribution in [0, 0.1) is 13.8 Å². The largest absolute Gasteiger partial charge is 0.455 e. The van der Waals surface area contributed by atoms with Gasteiger partial charge < -0.3 is 18.3 Å². The molecule has 0 fully saturated rings. The minimum atomic E-state index is -0.385. The number of anilines is 3. The molecule has 17 rings (SSSR count). The van der Waals surface area contributed by atoms with Gasteiger partial charge in [0.05, 0.1) is 11.0 Å². The minimum absolute atomic E-state index is 0.242. The van der Waals surface area contributed by atoms with Gasteiger partial charge in [-0.15, -0.1) is 0 Å². The van der Waals surface area contributed by atoms with Gasteiger partial charge in [-0.2, -0.15) is 0 Å². The van der Waals surface area contributed by atoms with Gasteiger partial charge in [-0.3, -0.25) is 0 Å². The second-order valence-electron chi connectivity index (χ2n) is 24.9. The van der Waals surface area contributed by atoms with Crippen LogP contribution in [0.5, 0.6) is 0 Å². The van der Waals surface area contributed by atoms with Gasteiger partial charge in [0, 0.05) is 82.4 Å². The molecular weight excluding hydrogens is 985 g/mol. The van der Waals surface area contributed by atoms with Crippen LogP contribution in [0.2, 0.25) is 0 Å². The molecule has 0 bridgehead atoms. The smallest absolute Gasteiger partial charge is 0.144 e. The summed E-state index contributed by atoms with van der Waals surface area (Å²) in [5.74, 6) is 0. The van der Waals surface area contributed by atoms with E-state index < -0.39 is 0 Å². The number of hydrogen-bond donors (Lipinski definition) is 0. The summed E-state index contributed by atoms with van der Waals surface area (Å²) in [4.78, 5) is 2.53. The summed E-state index contributed by atoms with van der Waals surface area (Å²) in [6.45, 7) is 19.0. The standard InChI is InChI=1S/C77H58N2O2/c1-43-30-34-49(44(2)38-43)57-42-61-66(68-54-24-14-18-28-64(54)80-73(57)68)52-35-31-47(40-59(52)75(61,3)4)78(46-33-37-63-56(39-46)50-22-13-17-27-62(50)79(63)45-20-10-9-11-21-45)48-32-36-53-60(41-48)77(7,8)72-70(53)74-69(55-25-15-19-29-65(55)81-74)67-51-23-12-16-26-58(51)76(5,6)71(67)72/h9-42H,1-8H3. The summed E-state index contributed by atoms with van der Waals surface area (Å²) >= 11 is 0. The molecule has 0 unspecified atom stereocenters. The van der Waals surface area contributed by atoms with Gasteiger partial charge in [0.25, 0.3) is 0 Å². The van der Waals surface area contributed by atoms with Crippen molar-refractivity contribution < 1.29 is 8.83 Å². The summed E-state index contributed by atoms with van der Waals surface area (Å²) in [6, 6.07) is 76.8. The van der Waals surface area contributed by atoms with Gasteiger partial charge in [-0.25, -0.2) is 0 Å². The Hall–Kier alpha value is -9.38. The average molecular weight is 1040 g/mol. The summed E-state index contributed by atoms with van der Waals surface area (Å²) in [5, 5.41) is 7.15. The summed E-state index contributed by atoms with van der Waals surface area (Å²) in [7, 11) is 0. The molecule has 3 aliphatic carbocycles. The number of hydrogen-bond acceptors (Lipinski definition) is 3. The molecule has 3 aromatic heterocycles. The molecule has 11 aromatic carbocycles. The lowest BCUT2D eigenvalue weighted by Gasteiger charge is -2.32. The van der Waals surface area contributed by atoms with Crippen LogP contribution in [-0.4, -0.2) is 4.57 Å². The Morgan fingerprint density at radius 3 is 1.62 bits per heavy atom. The number of rotatable bonds is 5. The molecule has 0 atom stereocenters. The van der Waals surface area contributed by atoms with Crippen molar-refractivity contribution in [3.63, 3.8) is 0 Å². The molecule has 3 aliphatic rings. The van der Waals surface area contributed by atoms with Crippen molar-refractivity contribution in [2.75, 3.05) is 4.90 Å². The van der Waals surface area contributed by atoms with Crippen LogP contribution >= 0.6 is 0 Å². The molecule has 3 heterocycles. The lowest BCUT2D eigenvalue weighted by molar-refractivity contribution is 0.600. The highest BCUT2D eigenvalue weighted by Gasteiger charge is 2.49. The van der Waals surface area contributed by atoms with E-state index in [2.05, 4.69) is 271 Å². The van der Waals surface area contributed by atoms with Crippen LogP contribution in [0.15, 0.2) is 215 Å². The predicted octanol–water partition coefficient (Wildman–Crippen LogP) is 21.3. The molecule has 0 amide bonds. The summed E-state index contributed by atoms with van der Waals surface area (Å²) in [5.41, 5.74) is 30.1. The lowest BCUT2D eigenvalue weighted by Crippen LogP contribution is -2.24. The van der Waals surface area contributed by atoms with E-state index in [0.717, 1.165) is 56.0 Å². The molecule has 81 heavy (non-hydrogen) atoms. The third-order valence-electron chi connectivity index (χ3n) is 19.3. The van der Waals surface area contributed by atoms with E-state index in [1.807, 2.05) is 0 Å². The first-order valence-electron chi connectivity index (χ1n) is 28.7. The SMILES string of the molecule is Cc1ccc(-c2cc3c(c4c2oc2ccccc24)-c2ccc(N(c4ccc5c(c4)C(C)(C)c4c6c(c7c(oc8ccccc87)c4-5)-c4ccccc4C6(C)C)c4ccc5c(c4)c4ccccc4n5-c4ccccc4)cc2C3(C)C)c(C)c1. The molecule has 14 aromatic rings. The van der Waals surface area contributed by atoms with Crippen LogP contribution in [0.25, 0.3) is 116 Å². The Morgan fingerprint density at radius 2 is 0.889 bits per heavy atom. The van der Waals surface area contributed by atoms with E-state index in [1.165, 1.54) is 121 Å². The highest BCUT2D eigenvalue weighted by Crippen LogP contribution is 2.64. The van der Waals surface area contributed by atoms with Crippen molar-refractivity contribution in [2.24, 2.45) is 0 Å². The Balaban J connectivity index is 0.913. The molecule has 0 N–H and O–H groups in total. The van der Waals surface area contributed by atoms with E-state index in [-0.39, 0.29) is 16.2 Å². The topological polar surface area (TPSA) is 34.5 Å². The zero-order valence-corrected chi connectivity index (χ0v) is 46.8. The molecule has 0 saturated carbocycles. The molecule has 4 heteroatoms. The Kier molecular flexibility index (Phi) is 9.15. The second-order valence-corrected chi connectivity index (χ2v) is 24.9. The molecule has 4 nitrogen and oxygen atoms in total. The van der Waals surface area contributed by atoms with Crippen molar-refractivity contribution in [2.45, 2.75) is 71.6 Å². The zero-order chi connectivity index (χ0) is 54.6. The second kappa shape index (κ2) is 15.9. The number of fused-ring (bicyclic) bond motifs is 22. The number of para-hydroxylation sites is 4. The van der Waals surface area contributed by atoms with Crippen molar-refractivity contribution in [1.82, 2.24) is 4.57 Å². The van der Waals surface area contributed by atoms with E-state index in [1.54, 1.807) is 0 Å². The molecule has 0 radical (unpaired) electrons. The third kappa shape index (κ3) is 6.04. The maximum absolute atomic E-state index is 7.14. The molecule has 0 aliphatic heterocycles.